The molecule has 38 heavy (non-hydrogen) atoms. The number of amides is 1. The van der Waals surface area contributed by atoms with E-state index in [4.69, 9.17) is 9.47 Å². The van der Waals surface area contributed by atoms with Gasteiger partial charge < -0.3 is 14.4 Å². The second kappa shape index (κ2) is 9.20. The van der Waals surface area contributed by atoms with Crippen molar-refractivity contribution in [1.82, 2.24) is 9.80 Å². The van der Waals surface area contributed by atoms with Crippen LogP contribution in [0.15, 0.2) is 34.1 Å². The van der Waals surface area contributed by atoms with Crippen molar-refractivity contribution in [3.05, 3.63) is 50.1 Å². The van der Waals surface area contributed by atoms with Gasteiger partial charge in [0.05, 0.1) is 6.04 Å². The van der Waals surface area contributed by atoms with E-state index in [2.05, 4.69) is 20.8 Å². The van der Waals surface area contributed by atoms with Crippen molar-refractivity contribution in [2.45, 2.75) is 69.1 Å². The topological polar surface area (TPSA) is 59.1 Å². The summed E-state index contributed by atoms with van der Waals surface area (Å²) in [4.78, 5) is 31.1. The summed E-state index contributed by atoms with van der Waals surface area (Å²) in [5, 5.41) is 2.02. The van der Waals surface area contributed by atoms with Crippen LogP contribution in [0.4, 0.5) is 0 Å². The Bertz CT molecular complexity index is 1340. The molecule has 1 amide bonds. The molecule has 1 saturated heterocycles. The highest BCUT2D eigenvalue weighted by atomic mass is 79.9. The lowest BCUT2D eigenvalue weighted by Crippen LogP contribution is -2.69. The predicted octanol–water partition coefficient (Wildman–Crippen LogP) is 5.43. The standard InChI is InChI=1S/C30H33BrN2O4S/c1-17(34)36-25-8-9-26-28-21(25)14-24-22-6-7-23(32(2)27(35)10-5-20-13-19(31)16-38-20)29(37-26)30(22,28)11-12-33(24)15-18-3-4-18/h5,8-10,13,16,18,22-24,29H,3-4,6-7,11-12,14-15H2,1-2H3/b10-5+/t22-,23-,24+,29-,30-/m0/s1. The number of rotatable bonds is 6. The van der Waals surface area contributed by atoms with Gasteiger partial charge in [-0.1, -0.05) is 0 Å². The number of likely N-dealkylation sites (tertiary alicyclic amines) is 1. The molecule has 2 bridgehead atoms. The normalized spacial score (nSPS) is 31.1. The third kappa shape index (κ3) is 3.89. The number of ether oxygens (including phenoxy) is 2. The fraction of sp³-hybridized carbons (Fsp3) is 0.533. The molecule has 2 aromatic rings. The Labute approximate surface area is 236 Å². The van der Waals surface area contributed by atoms with Gasteiger partial charge in [-0.25, -0.2) is 0 Å². The van der Waals surface area contributed by atoms with Gasteiger partial charge in [-0.2, -0.15) is 0 Å². The van der Waals surface area contributed by atoms with Gasteiger partial charge in [-0.15, -0.1) is 11.3 Å². The number of nitrogens with zero attached hydrogens (tertiary/aromatic N) is 2. The molecule has 1 aromatic carbocycles. The van der Waals surface area contributed by atoms with Crippen molar-refractivity contribution in [3.63, 3.8) is 0 Å². The van der Waals surface area contributed by atoms with Crippen LogP contribution in [0, 0.1) is 11.8 Å². The number of hydrogen-bond donors (Lipinski definition) is 0. The fourth-order valence-electron chi connectivity index (χ4n) is 7.95. The van der Waals surface area contributed by atoms with Gasteiger partial charge in [0.2, 0.25) is 5.91 Å². The van der Waals surface area contributed by atoms with E-state index in [-0.39, 0.29) is 29.4 Å². The van der Waals surface area contributed by atoms with E-state index in [1.54, 1.807) is 17.4 Å². The number of piperidine rings is 1. The van der Waals surface area contributed by atoms with Crippen LogP contribution in [0.1, 0.15) is 55.0 Å². The lowest BCUT2D eigenvalue weighted by atomic mass is 9.51. The first kappa shape index (κ1) is 24.9. The number of hydrogen-bond acceptors (Lipinski definition) is 6. The molecule has 6 nitrogen and oxygen atoms in total. The van der Waals surface area contributed by atoms with Crippen LogP contribution in [0.3, 0.4) is 0 Å². The third-order valence-corrected chi connectivity index (χ3v) is 11.3. The van der Waals surface area contributed by atoms with Gasteiger partial charge in [-0.3, -0.25) is 14.5 Å². The first-order valence-electron chi connectivity index (χ1n) is 13.8. The first-order valence-corrected chi connectivity index (χ1v) is 15.5. The predicted molar refractivity (Wildman–Crippen MR) is 151 cm³/mol. The van der Waals surface area contributed by atoms with E-state index in [0.717, 1.165) is 58.8 Å². The number of thiophene rings is 1. The molecule has 5 atom stereocenters. The fourth-order valence-corrected chi connectivity index (χ4v) is 9.29. The molecule has 200 valence electrons. The highest BCUT2D eigenvalue weighted by molar-refractivity contribution is 9.10. The smallest absolute Gasteiger partial charge is 0.308 e. The van der Waals surface area contributed by atoms with Crippen molar-refractivity contribution in [3.8, 4) is 11.5 Å². The SMILES string of the molecule is CC(=O)Oc1ccc2c3c1C[C@@H]1[C@@H]4CC[C@H](N(C)C(=O)/C=C/c5cc(Br)cs5)[C@H](O2)[C@]34CCN1CC1CC1. The Hall–Kier alpha value is -2.16. The lowest BCUT2D eigenvalue weighted by Gasteiger charge is -2.60. The summed E-state index contributed by atoms with van der Waals surface area (Å²) in [6.07, 6.45) is 10.1. The maximum Gasteiger partial charge on any atom is 0.308 e. The largest absolute Gasteiger partial charge is 0.487 e. The van der Waals surface area contributed by atoms with Crippen LogP contribution < -0.4 is 9.47 Å². The highest BCUT2D eigenvalue weighted by Gasteiger charge is 2.66. The number of carbonyl (C=O) groups excluding carboxylic acids is 2. The molecule has 1 aromatic heterocycles. The second-order valence-electron chi connectivity index (χ2n) is 11.7. The van der Waals surface area contributed by atoms with Crippen LogP contribution in [-0.2, 0) is 21.4 Å². The number of esters is 1. The Morgan fingerprint density at radius 3 is 2.87 bits per heavy atom. The Kier molecular flexibility index (Phi) is 6.02. The molecule has 2 aliphatic heterocycles. The van der Waals surface area contributed by atoms with Crippen LogP contribution in [0.25, 0.3) is 6.08 Å². The van der Waals surface area contributed by atoms with Crippen molar-refractivity contribution < 1.29 is 19.1 Å². The zero-order valence-corrected chi connectivity index (χ0v) is 24.2. The van der Waals surface area contributed by atoms with Crippen molar-refractivity contribution in [1.29, 1.82) is 0 Å². The minimum atomic E-state index is -0.285. The Balaban J connectivity index is 1.25. The molecule has 1 spiro atoms. The second-order valence-corrected chi connectivity index (χ2v) is 13.6. The number of carbonyl (C=O) groups is 2. The zero-order chi connectivity index (χ0) is 26.2. The van der Waals surface area contributed by atoms with Crippen LogP contribution in [-0.4, -0.2) is 60.0 Å². The molecular formula is C30H33BrN2O4S. The van der Waals surface area contributed by atoms with Gasteiger partial charge in [0.25, 0.3) is 0 Å². The summed E-state index contributed by atoms with van der Waals surface area (Å²) in [7, 11) is 1.93. The van der Waals surface area contributed by atoms with E-state index in [1.165, 1.54) is 31.9 Å². The Morgan fingerprint density at radius 2 is 2.13 bits per heavy atom. The summed E-state index contributed by atoms with van der Waals surface area (Å²) >= 11 is 5.10. The molecule has 7 rings (SSSR count). The molecule has 3 aliphatic carbocycles. The van der Waals surface area contributed by atoms with Gasteiger partial charge in [0.1, 0.15) is 17.6 Å². The zero-order valence-electron chi connectivity index (χ0n) is 21.8. The van der Waals surface area contributed by atoms with E-state index >= 15 is 0 Å². The molecule has 0 radical (unpaired) electrons. The number of halogens is 1. The van der Waals surface area contributed by atoms with E-state index < -0.39 is 0 Å². The number of benzene rings is 1. The summed E-state index contributed by atoms with van der Waals surface area (Å²) in [6.45, 7) is 3.71. The van der Waals surface area contributed by atoms with Crippen LogP contribution >= 0.6 is 27.3 Å². The quantitative estimate of drug-likeness (QED) is 0.253. The summed E-state index contributed by atoms with van der Waals surface area (Å²) in [6, 6.07) is 6.34. The van der Waals surface area contributed by atoms with Gasteiger partial charge in [0, 0.05) is 63.9 Å². The molecule has 0 unspecified atom stereocenters. The van der Waals surface area contributed by atoms with Gasteiger partial charge in [0.15, 0.2) is 0 Å². The first-order chi connectivity index (χ1) is 18.3. The minimum absolute atomic E-state index is 0.00767. The molecule has 3 fully saturated rings. The van der Waals surface area contributed by atoms with Gasteiger partial charge in [-0.05, 0) is 97.1 Å². The molecule has 5 aliphatic rings. The van der Waals surface area contributed by atoms with Gasteiger partial charge >= 0.3 is 5.97 Å². The summed E-state index contributed by atoms with van der Waals surface area (Å²) in [5.41, 5.74) is 2.27. The summed E-state index contributed by atoms with van der Waals surface area (Å²) in [5.74, 6) is 2.65. The van der Waals surface area contributed by atoms with E-state index in [9.17, 15) is 9.59 Å². The number of likely N-dealkylation sites (N-methyl/N-ethyl adjacent to an activating group) is 1. The Morgan fingerprint density at radius 1 is 1.29 bits per heavy atom. The average molecular weight is 598 g/mol. The van der Waals surface area contributed by atoms with Crippen molar-refractivity contribution >= 4 is 45.2 Å². The molecular weight excluding hydrogens is 564 g/mol. The third-order valence-electron chi connectivity index (χ3n) is 9.67. The molecule has 0 N–H and O–H groups in total. The van der Waals surface area contributed by atoms with Crippen molar-refractivity contribution in [2.24, 2.45) is 11.8 Å². The minimum Gasteiger partial charge on any atom is -0.487 e. The maximum absolute atomic E-state index is 13.4. The van der Waals surface area contributed by atoms with Crippen molar-refractivity contribution in [2.75, 3.05) is 20.1 Å². The van der Waals surface area contributed by atoms with Crippen LogP contribution in [0.5, 0.6) is 11.5 Å². The lowest BCUT2D eigenvalue weighted by molar-refractivity contribution is -0.135. The van der Waals surface area contributed by atoms with E-state index in [0.29, 0.717) is 17.7 Å². The highest BCUT2D eigenvalue weighted by Crippen LogP contribution is 2.64. The van der Waals surface area contributed by atoms with E-state index in [1.807, 2.05) is 41.6 Å². The molecule has 2 saturated carbocycles. The average Bonchev–Trinajstić information content (AvgIpc) is 3.51. The molecule has 8 heteroatoms. The molecule has 3 heterocycles. The van der Waals surface area contributed by atoms with Crippen LogP contribution in [0.2, 0.25) is 0 Å². The maximum atomic E-state index is 13.4. The monoisotopic (exact) mass is 596 g/mol. The summed E-state index contributed by atoms with van der Waals surface area (Å²) < 4.78 is 13.6.